The maximum atomic E-state index is 12.8. The van der Waals surface area contributed by atoms with Crippen LogP contribution in [0.4, 0.5) is 4.39 Å². The Morgan fingerprint density at radius 1 is 1.56 bits per heavy atom. The lowest BCUT2D eigenvalue weighted by Gasteiger charge is -2.17. The molecule has 0 saturated carbocycles. The van der Waals surface area contributed by atoms with E-state index in [9.17, 15) is 14.3 Å². The molecule has 0 aliphatic carbocycles. The molecule has 0 fully saturated rings. The number of aliphatic hydroxyl groups excluding tert-OH is 1. The second kappa shape index (κ2) is 6.58. The number of benzene rings is 1. The average Bonchev–Trinajstić information content (AvgIpc) is 2.37. The number of nitrogens with zero attached hydrogens (tertiary/aromatic N) is 3. The first-order valence-corrected chi connectivity index (χ1v) is 5.24. The van der Waals surface area contributed by atoms with Crippen molar-refractivity contribution in [3.8, 4) is 0 Å². The first-order chi connectivity index (χ1) is 8.60. The molecule has 0 saturated heterocycles. The van der Waals surface area contributed by atoms with Gasteiger partial charge in [0.05, 0.1) is 12.6 Å². The second-order valence-corrected chi connectivity index (χ2v) is 3.40. The van der Waals surface area contributed by atoms with Gasteiger partial charge in [-0.1, -0.05) is 17.2 Å². The van der Waals surface area contributed by atoms with Crippen LogP contribution >= 0.6 is 0 Å². The van der Waals surface area contributed by atoms with Crippen LogP contribution in [-0.2, 0) is 9.53 Å². The number of hydrogen-bond acceptors (Lipinski definition) is 4. The summed E-state index contributed by atoms with van der Waals surface area (Å²) in [7, 11) is 0. The van der Waals surface area contributed by atoms with Crippen LogP contribution in [0.25, 0.3) is 10.4 Å². The van der Waals surface area contributed by atoms with Crippen molar-refractivity contribution < 1.29 is 19.0 Å². The Labute approximate surface area is 103 Å². The van der Waals surface area contributed by atoms with Gasteiger partial charge in [-0.15, -0.1) is 0 Å². The molecule has 1 N–H and O–H groups in total. The van der Waals surface area contributed by atoms with Crippen molar-refractivity contribution >= 4 is 5.97 Å². The first-order valence-electron chi connectivity index (χ1n) is 5.24. The fraction of sp³-hybridized carbons (Fsp3) is 0.364. The van der Waals surface area contributed by atoms with E-state index in [1.165, 1.54) is 12.1 Å². The summed E-state index contributed by atoms with van der Waals surface area (Å²) >= 11 is 0. The standard InChI is InChI=1S/C11H12FN3O3/c1-2-18-11(17)10(16)9(14-15-13)7-3-5-8(12)6-4-7/h3-6,9-10,16H,2H2,1H3. The molecular formula is C11H12FN3O3. The van der Waals surface area contributed by atoms with Crippen molar-refractivity contribution in [3.63, 3.8) is 0 Å². The Morgan fingerprint density at radius 2 is 2.17 bits per heavy atom. The molecule has 0 bridgehead atoms. The van der Waals surface area contributed by atoms with Crippen molar-refractivity contribution in [2.45, 2.75) is 19.1 Å². The minimum Gasteiger partial charge on any atom is -0.464 e. The second-order valence-electron chi connectivity index (χ2n) is 3.40. The Balaban J connectivity index is 2.98. The summed E-state index contributed by atoms with van der Waals surface area (Å²) in [5.41, 5.74) is 8.76. The minimum atomic E-state index is -1.62. The zero-order chi connectivity index (χ0) is 13.5. The highest BCUT2D eigenvalue weighted by Crippen LogP contribution is 2.23. The van der Waals surface area contributed by atoms with E-state index in [0.29, 0.717) is 5.56 Å². The molecule has 2 unspecified atom stereocenters. The summed E-state index contributed by atoms with van der Waals surface area (Å²) in [4.78, 5) is 13.9. The summed E-state index contributed by atoms with van der Waals surface area (Å²) in [5.74, 6) is -1.36. The number of esters is 1. The normalized spacial score (nSPS) is 13.3. The third kappa shape index (κ3) is 3.44. The lowest BCUT2D eigenvalue weighted by Crippen LogP contribution is -2.28. The third-order valence-corrected chi connectivity index (χ3v) is 2.21. The lowest BCUT2D eigenvalue weighted by molar-refractivity contribution is -0.154. The van der Waals surface area contributed by atoms with E-state index in [4.69, 9.17) is 5.53 Å². The van der Waals surface area contributed by atoms with Crippen LogP contribution < -0.4 is 0 Å². The summed E-state index contributed by atoms with van der Waals surface area (Å²) in [6.45, 7) is 1.69. The summed E-state index contributed by atoms with van der Waals surface area (Å²) in [5, 5.41) is 13.1. The van der Waals surface area contributed by atoms with E-state index in [-0.39, 0.29) is 6.61 Å². The van der Waals surface area contributed by atoms with Crippen LogP contribution in [0.1, 0.15) is 18.5 Å². The van der Waals surface area contributed by atoms with Gasteiger partial charge in [0.1, 0.15) is 5.82 Å². The SMILES string of the molecule is CCOC(=O)C(O)C(N=[N+]=[N-])c1ccc(F)cc1. The van der Waals surface area contributed by atoms with Crippen molar-refractivity contribution in [1.29, 1.82) is 0 Å². The monoisotopic (exact) mass is 253 g/mol. The largest absolute Gasteiger partial charge is 0.464 e. The highest BCUT2D eigenvalue weighted by molar-refractivity contribution is 5.75. The first kappa shape index (κ1) is 14.0. The molecule has 0 aliphatic rings. The zero-order valence-corrected chi connectivity index (χ0v) is 9.65. The van der Waals surface area contributed by atoms with Gasteiger partial charge >= 0.3 is 5.97 Å². The van der Waals surface area contributed by atoms with Crippen LogP contribution in [0.5, 0.6) is 0 Å². The van der Waals surface area contributed by atoms with Gasteiger partial charge in [-0.2, -0.15) is 0 Å². The van der Waals surface area contributed by atoms with E-state index >= 15 is 0 Å². The van der Waals surface area contributed by atoms with Crippen LogP contribution in [0, 0.1) is 5.82 Å². The zero-order valence-electron chi connectivity index (χ0n) is 9.65. The van der Waals surface area contributed by atoms with Crippen molar-refractivity contribution in [2.75, 3.05) is 6.61 Å². The van der Waals surface area contributed by atoms with Crippen molar-refractivity contribution in [3.05, 3.63) is 46.1 Å². The van der Waals surface area contributed by atoms with Gasteiger partial charge in [0, 0.05) is 4.91 Å². The van der Waals surface area contributed by atoms with E-state index < -0.39 is 23.9 Å². The Bertz CT molecular complexity index is 457. The predicted octanol–water partition coefficient (Wildman–Crippen LogP) is 2.10. The number of rotatable bonds is 5. The molecule has 0 aromatic heterocycles. The number of ether oxygens (including phenoxy) is 1. The Morgan fingerprint density at radius 3 is 2.67 bits per heavy atom. The van der Waals surface area contributed by atoms with Crippen LogP contribution in [-0.4, -0.2) is 23.8 Å². The van der Waals surface area contributed by atoms with E-state index in [0.717, 1.165) is 12.1 Å². The molecule has 7 heteroatoms. The quantitative estimate of drug-likeness (QED) is 0.376. The molecule has 0 heterocycles. The molecular weight excluding hydrogens is 241 g/mol. The molecule has 0 amide bonds. The molecule has 18 heavy (non-hydrogen) atoms. The topological polar surface area (TPSA) is 95.3 Å². The molecule has 2 atom stereocenters. The van der Waals surface area contributed by atoms with Crippen LogP contribution in [0.15, 0.2) is 29.4 Å². The smallest absolute Gasteiger partial charge is 0.335 e. The highest BCUT2D eigenvalue weighted by atomic mass is 19.1. The fourth-order valence-corrected chi connectivity index (χ4v) is 1.38. The van der Waals surface area contributed by atoms with Gasteiger partial charge in [-0.25, -0.2) is 9.18 Å². The molecule has 0 spiro atoms. The maximum Gasteiger partial charge on any atom is 0.335 e. The number of hydrogen-bond donors (Lipinski definition) is 1. The van der Waals surface area contributed by atoms with Gasteiger partial charge in [0.25, 0.3) is 0 Å². The highest BCUT2D eigenvalue weighted by Gasteiger charge is 2.27. The molecule has 6 nitrogen and oxygen atoms in total. The van der Waals surface area contributed by atoms with E-state index in [1.807, 2.05) is 0 Å². The number of halogens is 1. The van der Waals surface area contributed by atoms with Crippen LogP contribution in [0.2, 0.25) is 0 Å². The Kier molecular flexibility index (Phi) is 5.10. The number of carbonyl (C=O) groups excluding carboxylic acids is 1. The van der Waals surface area contributed by atoms with Crippen molar-refractivity contribution in [2.24, 2.45) is 5.11 Å². The molecule has 0 radical (unpaired) electrons. The maximum absolute atomic E-state index is 12.8. The lowest BCUT2D eigenvalue weighted by atomic mass is 10.0. The van der Waals surface area contributed by atoms with Gasteiger partial charge in [0.2, 0.25) is 0 Å². The molecule has 1 aromatic carbocycles. The molecule has 1 rings (SSSR count). The van der Waals surface area contributed by atoms with E-state index in [2.05, 4.69) is 14.8 Å². The number of carbonyl (C=O) groups is 1. The molecule has 0 aliphatic heterocycles. The summed E-state index contributed by atoms with van der Waals surface area (Å²) in [6.07, 6.45) is -1.62. The third-order valence-electron chi connectivity index (χ3n) is 2.21. The van der Waals surface area contributed by atoms with Crippen LogP contribution in [0.3, 0.4) is 0 Å². The molecule has 96 valence electrons. The van der Waals surface area contributed by atoms with Gasteiger partial charge in [-0.3, -0.25) is 0 Å². The number of azide groups is 1. The van der Waals surface area contributed by atoms with Gasteiger partial charge in [-0.05, 0) is 30.2 Å². The van der Waals surface area contributed by atoms with Gasteiger partial charge < -0.3 is 9.84 Å². The minimum absolute atomic E-state index is 0.0995. The van der Waals surface area contributed by atoms with E-state index in [1.54, 1.807) is 6.92 Å². The fourth-order valence-electron chi connectivity index (χ4n) is 1.38. The number of aliphatic hydroxyl groups is 1. The van der Waals surface area contributed by atoms with Gasteiger partial charge in [0.15, 0.2) is 6.10 Å². The molecule has 1 aromatic rings. The summed E-state index contributed by atoms with van der Waals surface area (Å²) < 4.78 is 17.4. The summed E-state index contributed by atoms with van der Waals surface area (Å²) in [6, 6.07) is 3.81. The Hall–Kier alpha value is -2.11. The average molecular weight is 253 g/mol. The predicted molar refractivity (Wildman–Crippen MR) is 60.9 cm³/mol. The van der Waals surface area contributed by atoms with Crippen molar-refractivity contribution in [1.82, 2.24) is 0 Å².